The molecular formula is C22H25N3O7. The summed E-state index contributed by atoms with van der Waals surface area (Å²) in [6.45, 7) is 4.51. The molecule has 0 amide bonds. The molecule has 2 unspecified atom stereocenters. The number of benzene rings is 1. The predicted molar refractivity (Wildman–Crippen MR) is 116 cm³/mol. The first-order valence-corrected chi connectivity index (χ1v) is 9.90. The Bertz CT molecular complexity index is 1120. The van der Waals surface area contributed by atoms with Gasteiger partial charge in [-0.15, -0.1) is 0 Å². The molecule has 0 aliphatic carbocycles. The molecule has 1 aliphatic heterocycles. The average molecular weight is 443 g/mol. The Morgan fingerprint density at radius 2 is 1.94 bits per heavy atom. The second-order valence-corrected chi connectivity index (χ2v) is 7.06. The van der Waals surface area contributed by atoms with Crippen molar-refractivity contribution in [1.82, 2.24) is 9.13 Å². The number of para-hydroxylation sites is 1. The number of nitrogens with zero attached hydrogens (tertiary/aromatic N) is 3. The summed E-state index contributed by atoms with van der Waals surface area (Å²) in [6, 6.07) is 10.2. The number of allylic oxidation sites excluding steroid dienone is 3. The van der Waals surface area contributed by atoms with Crippen LogP contribution in [0.2, 0.25) is 0 Å². The number of hydrogen-bond acceptors (Lipinski definition) is 8. The first-order valence-electron chi connectivity index (χ1n) is 9.90. The van der Waals surface area contributed by atoms with Crippen molar-refractivity contribution in [3.8, 4) is 5.75 Å². The first-order chi connectivity index (χ1) is 15.4. The molecule has 10 nitrogen and oxygen atoms in total. The van der Waals surface area contributed by atoms with Crippen molar-refractivity contribution in [2.75, 3.05) is 6.61 Å². The minimum absolute atomic E-state index is 0.216. The molecular weight excluding hydrogens is 418 g/mol. The van der Waals surface area contributed by atoms with Crippen molar-refractivity contribution in [3.05, 3.63) is 87.0 Å². The van der Waals surface area contributed by atoms with E-state index in [0.717, 1.165) is 15.2 Å². The van der Waals surface area contributed by atoms with Crippen LogP contribution in [0.25, 0.3) is 0 Å². The van der Waals surface area contributed by atoms with Gasteiger partial charge in [-0.2, -0.15) is 0 Å². The van der Waals surface area contributed by atoms with Crippen LogP contribution in [-0.4, -0.2) is 56.1 Å². The molecule has 3 N–H and O–H groups in total. The molecule has 1 aromatic carbocycles. The highest BCUT2D eigenvalue weighted by atomic mass is 16.6. The Hall–Kier alpha value is -3.31. The lowest BCUT2D eigenvalue weighted by atomic mass is 10.1. The van der Waals surface area contributed by atoms with Crippen molar-refractivity contribution in [1.29, 1.82) is 0 Å². The molecule has 0 bridgehead atoms. The van der Waals surface area contributed by atoms with Crippen molar-refractivity contribution >= 4 is 6.72 Å². The second kappa shape index (κ2) is 10.3. The number of aliphatic hydroxyl groups is 3. The minimum atomic E-state index is -1.46. The van der Waals surface area contributed by atoms with Crippen LogP contribution in [-0.2, 0) is 11.3 Å². The molecule has 0 saturated carbocycles. The summed E-state index contributed by atoms with van der Waals surface area (Å²) in [7, 11) is 0. The molecule has 32 heavy (non-hydrogen) atoms. The molecule has 2 aromatic rings. The van der Waals surface area contributed by atoms with Crippen molar-refractivity contribution in [3.63, 3.8) is 0 Å². The van der Waals surface area contributed by atoms with Gasteiger partial charge in [-0.3, -0.25) is 18.9 Å². The normalized spacial score (nSPS) is 23.9. The van der Waals surface area contributed by atoms with E-state index in [9.17, 15) is 24.9 Å². The molecule has 10 heteroatoms. The van der Waals surface area contributed by atoms with Crippen LogP contribution < -0.4 is 16.0 Å². The highest BCUT2D eigenvalue weighted by molar-refractivity contribution is 5.33. The van der Waals surface area contributed by atoms with Gasteiger partial charge in [0.2, 0.25) is 0 Å². The van der Waals surface area contributed by atoms with E-state index in [2.05, 4.69) is 11.7 Å². The fourth-order valence-corrected chi connectivity index (χ4v) is 3.24. The highest BCUT2D eigenvalue weighted by Gasteiger charge is 2.43. The third-order valence-electron chi connectivity index (χ3n) is 4.98. The van der Waals surface area contributed by atoms with Gasteiger partial charge in [0, 0.05) is 18.3 Å². The summed E-state index contributed by atoms with van der Waals surface area (Å²) in [6.07, 6.45) is -0.744. The summed E-state index contributed by atoms with van der Waals surface area (Å²) in [5.41, 5.74) is -1.10. The summed E-state index contributed by atoms with van der Waals surface area (Å²) in [5.74, 6) is 1.04. The van der Waals surface area contributed by atoms with Gasteiger partial charge in [0.1, 0.15) is 29.8 Å². The molecule has 1 saturated heterocycles. The molecule has 4 atom stereocenters. The maximum Gasteiger partial charge on any atom is 0.333 e. The summed E-state index contributed by atoms with van der Waals surface area (Å²) >= 11 is 0. The highest BCUT2D eigenvalue weighted by Crippen LogP contribution is 2.27. The second-order valence-electron chi connectivity index (χ2n) is 7.06. The lowest BCUT2D eigenvalue weighted by Crippen LogP contribution is -2.43. The number of hydrogen-bond donors (Lipinski definition) is 3. The smallest absolute Gasteiger partial charge is 0.333 e. The molecule has 0 radical (unpaired) electrons. The van der Waals surface area contributed by atoms with E-state index in [1.165, 1.54) is 6.20 Å². The molecule has 3 rings (SSSR count). The maximum absolute atomic E-state index is 13.0. The van der Waals surface area contributed by atoms with E-state index in [4.69, 9.17) is 9.47 Å². The summed E-state index contributed by atoms with van der Waals surface area (Å²) in [4.78, 5) is 29.3. The van der Waals surface area contributed by atoms with Gasteiger partial charge >= 0.3 is 5.69 Å². The maximum atomic E-state index is 13.0. The number of aliphatic imine (C=N–C) groups is 1. The van der Waals surface area contributed by atoms with E-state index < -0.39 is 42.4 Å². The fraction of sp³-hybridized carbons (Fsp3) is 0.318. The molecule has 1 aromatic heterocycles. The van der Waals surface area contributed by atoms with E-state index in [1.54, 1.807) is 31.2 Å². The largest absolute Gasteiger partial charge is 0.458 e. The van der Waals surface area contributed by atoms with Crippen molar-refractivity contribution < 1.29 is 24.8 Å². The van der Waals surface area contributed by atoms with Crippen molar-refractivity contribution in [2.24, 2.45) is 4.99 Å². The minimum Gasteiger partial charge on any atom is -0.458 e. The zero-order valence-corrected chi connectivity index (χ0v) is 17.4. The molecule has 0 spiro atoms. The van der Waals surface area contributed by atoms with Gasteiger partial charge in [0.15, 0.2) is 6.23 Å². The van der Waals surface area contributed by atoms with Crippen LogP contribution in [0.3, 0.4) is 0 Å². The quantitative estimate of drug-likeness (QED) is 0.301. The third-order valence-corrected chi connectivity index (χ3v) is 4.98. The Morgan fingerprint density at radius 1 is 1.22 bits per heavy atom. The molecule has 170 valence electrons. The predicted octanol–water partition coefficient (Wildman–Crippen LogP) is 0.189. The first kappa shape index (κ1) is 23.4. The van der Waals surface area contributed by atoms with Gasteiger partial charge in [-0.25, -0.2) is 4.79 Å². The lowest BCUT2D eigenvalue weighted by molar-refractivity contribution is -0.0555. The average Bonchev–Trinajstić information content (AvgIpc) is 3.09. The molecule has 1 fully saturated rings. The molecule has 2 heterocycles. The lowest BCUT2D eigenvalue weighted by Gasteiger charge is -2.18. The van der Waals surface area contributed by atoms with E-state index >= 15 is 0 Å². The van der Waals surface area contributed by atoms with Crippen molar-refractivity contribution in [2.45, 2.75) is 38.0 Å². The van der Waals surface area contributed by atoms with Crippen LogP contribution in [0.15, 0.2) is 80.8 Å². The van der Waals surface area contributed by atoms with Gasteiger partial charge in [0.05, 0.1) is 18.8 Å². The Kier molecular flexibility index (Phi) is 7.54. The number of aromatic nitrogens is 2. The van der Waals surface area contributed by atoms with Gasteiger partial charge in [-0.05, 0) is 31.9 Å². The molecule has 1 aliphatic rings. The van der Waals surface area contributed by atoms with Crippen LogP contribution in [0.5, 0.6) is 5.75 Å². The van der Waals surface area contributed by atoms with Crippen LogP contribution in [0.1, 0.15) is 13.2 Å². The van der Waals surface area contributed by atoms with E-state index in [1.807, 2.05) is 18.2 Å². The zero-order valence-electron chi connectivity index (χ0n) is 17.4. The Balaban J connectivity index is 1.90. The standard InChI is InChI=1S/C22H25N3O7/c1-3-15(31-16-7-5-4-6-8-16)11-14(23-2)12-25-18(27)9-10-24(22(25)30)21-20(29)19(28)17(13-26)32-21/h3-11,17,19-21,26,28-29H,2,12-13H2,1H3/b14-11-,15-3+/t17-,19?,20?,21-/m1/s1. The van der Waals surface area contributed by atoms with Crippen LogP contribution >= 0.6 is 0 Å². The zero-order chi connectivity index (χ0) is 23.3. The van der Waals surface area contributed by atoms with Gasteiger partial charge in [0.25, 0.3) is 5.56 Å². The SMILES string of the molecule is C=N/C(=C\C(=C/C)Oc1ccccc1)Cn1c(=O)ccn([C@@H]2O[C@H](CO)C(O)C2O)c1=O. The number of ether oxygens (including phenoxy) is 2. The van der Waals surface area contributed by atoms with Gasteiger partial charge < -0.3 is 24.8 Å². The Labute approximate surface area is 183 Å². The monoisotopic (exact) mass is 443 g/mol. The third kappa shape index (κ3) is 4.94. The van der Waals surface area contributed by atoms with E-state index in [-0.39, 0.29) is 12.2 Å². The summed E-state index contributed by atoms with van der Waals surface area (Å²) < 4.78 is 13.0. The Morgan fingerprint density at radius 3 is 2.53 bits per heavy atom. The van der Waals surface area contributed by atoms with Crippen LogP contribution in [0, 0.1) is 0 Å². The topological polar surface area (TPSA) is 136 Å². The summed E-state index contributed by atoms with van der Waals surface area (Å²) in [5, 5.41) is 29.5. The number of aliphatic hydroxyl groups excluding tert-OH is 3. The van der Waals surface area contributed by atoms with E-state index in [0.29, 0.717) is 11.5 Å². The van der Waals surface area contributed by atoms with Gasteiger partial charge in [-0.1, -0.05) is 18.2 Å². The van der Waals surface area contributed by atoms with Crippen LogP contribution in [0.4, 0.5) is 0 Å². The fourth-order valence-electron chi connectivity index (χ4n) is 3.24. The number of rotatable bonds is 8.